The molecule has 0 aromatic heterocycles. The third-order valence-corrected chi connectivity index (χ3v) is 1.77. The molecule has 1 nitrogen and oxygen atoms in total. The molecule has 0 amide bonds. The number of nitrogens with two attached hydrogens (primary N) is 1. The summed E-state index contributed by atoms with van der Waals surface area (Å²) in [7, 11) is 0. The molecule has 0 aliphatic rings. The van der Waals surface area contributed by atoms with Gasteiger partial charge in [0, 0.05) is 10.2 Å². The maximum Gasteiger partial charge on any atom is 0.0356 e. The van der Waals surface area contributed by atoms with Crippen molar-refractivity contribution in [1.29, 1.82) is 0 Å². The van der Waals surface area contributed by atoms with Crippen molar-refractivity contribution < 1.29 is 0 Å². The van der Waals surface area contributed by atoms with Crippen molar-refractivity contribution in [3.05, 3.63) is 22.3 Å². The summed E-state index contributed by atoms with van der Waals surface area (Å²) in [6.45, 7) is 3.95. The van der Waals surface area contributed by atoms with Crippen LogP contribution in [0.25, 0.3) is 0 Å². The van der Waals surface area contributed by atoms with Crippen LogP contribution in [-0.2, 0) is 0 Å². The van der Waals surface area contributed by atoms with Crippen LogP contribution in [0.15, 0.2) is 22.3 Å². The SMILES string of the molecule is CC/C=C\C(Br)=C(/C)N. The quantitative estimate of drug-likeness (QED) is 0.665. The van der Waals surface area contributed by atoms with Crippen LogP contribution in [-0.4, -0.2) is 0 Å². The third kappa shape index (κ3) is 4.28. The summed E-state index contributed by atoms with van der Waals surface area (Å²) in [6, 6.07) is 0. The lowest BCUT2D eigenvalue weighted by atomic mass is 10.3. The molecule has 0 aromatic carbocycles. The molecule has 0 aromatic rings. The lowest BCUT2D eigenvalue weighted by Crippen LogP contribution is -1.91. The van der Waals surface area contributed by atoms with E-state index >= 15 is 0 Å². The predicted molar refractivity (Wildman–Crippen MR) is 45.2 cm³/mol. The standard InChI is InChI=1S/C7H12BrN/c1-3-4-5-7(8)6(2)9/h4-5H,3,9H2,1-2H3/b5-4-,7-6-. The normalized spacial score (nSPS) is 14.1. The van der Waals surface area contributed by atoms with Crippen LogP contribution in [0.2, 0.25) is 0 Å². The molecule has 0 saturated carbocycles. The molecule has 0 saturated heterocycles. The zero-order chi connectivity index (χ0) is 7.28. The van der Waals surface area contributed by atoms with Crippen LogP contribution < -0.4 is 5.73 Å². The van der Waals surface area contributed by atoms with Gasteiger partial charge in [-0.15, -0.1) is 0 Å². The second-order valence-corrected chi connectivity index (χ2v) is 2.70. The first-order valence-corrected chi connectivity index (χ1v) is 3.76. The Morgan fingerprint density at radius 1 is 1.67 bits per heavy atom. The van der Waals surface area contributed by atoms with E-state index in [-0.39, 0.29) is 0 Å². The Kier molecular flexibility index (Phi) is 4.50. The minimum Gasteiger partial charge on any atom is -0.401 e. The van der Waals surface area contributed by atoms with Gasteiger partial charge < -0.3 is 5.73 Å². The van der Waals surface area contributed by atoms with Gasteiger partial charge in [0.15, 0.2) is 0 Å². The molecule has 0 aliphatic heterocycles. The summed E-state index contributed by atoms with van der Waals surface area (Å²) in [4.78, 5) is 0. The van der Waals surface area contributed by atoms with Gasteiger partial charge in [0.05, 0.1) is 0 Å². The van der Waals surface area contributed by atoms with Gasteiger partial charge in [-0.25, -0.2) is 0 Å². The molecule has 0 radical (unpaired) electrons. The van der Waals surface area contributed by atoms with Gasteiger partial charge >= 0.3 is 0 Å². The minimum absolute atomic E-state index is 0.819. The van der Waals surface area contributed by atoms with Crippen molar-refractivity contribution in [3.63, 3.8) is 0 Å². The first kappa shape index (κ1) is 8.76. The fraction of sp³-hybridized carbons (Fsp3) is 0.429. The zero-order valence-electron chi connectivity index (χ0n) is 5.82. The Bertz CT molecular complexity index is 132. The smallest absolute Gasteiger partial charge is 0.0356 e. The highest BCUT2D eigenvalue weighted by atomic mass is 79.9. The van der Waals surface area contributed by atoms with E-state index in [9.17, 15) is 0 Å². The summed E-state index contributed by atoms with van der Waals surface area (Å²) < 4.78 is 0.976. The molecule has 0 unspecified atom stereocenters. The summed E-state index contributed by atoms with van der Waals surface area (Å²) in [6.07, 6.45) is 5.07. The molecule has 0 atom stereocenters. The lowest BCUT2D eigenvalue weighted by molar-refractivity contribution is 1.22. The Labute approximate surface area is 64.8 Å². The van der Waals surface area contributed by atoms with E-state index in [1.807, 2.05) is 13.0 Å². The highest BCUT2D eigenvalue weighted by Gasteiger charge is 1.85. The molecule has 9 heavy (non-hydrogen) atoms. The van der Waals surface area contributed by atoms with Crippen molar-refractivity contribution in [3.8, 4) is 0 Å². The van der Waals surface area contributed by atoms with Crippen molar-refractivity contribution in [2.75, 3.05) is 0 Å². The number of rotatable bonds is 2. The number of halogens is 1. The van der Waals surface area contributed by atoms with Crippen molar-refractivity contribution in [1.82, 2.24) is 0 Å². The number of hydrogen-bond acceptors (Lipinski definition) is 1. The monoisotopic (exact) mass is 189 g/mol. The largest absolute Gasteiger partial charge is 0.401 e. The molecule has 0 heterocycles. The molecular formula is C7H12BrN. The molecule has 0 rings (SSSR count). The van der Waals surface area contributed by atoms with Gasteiger partial charge in [-0.2, -0.15) is 0 Å². The Balaban J connectivity index is 3.91. The first-order valence-electron chi connectivity index (χ1n) is 2.97. The second kappa shape index (κ2) is 4.62. The van der Waals surface area contributed by atoms with Crippen LogP contribution in [0.1, 0.15) is 20.3 Å². The van der Waals surface area contributed by atoms with Crippen LogP contribution in [0.3, 0.4) is 0 Å². The molecule has 0 spiro atoms. The van der Waals surface area contributed by atoms with Crippen LogP contribution in [0.4, 0.5) is 0 Å². The Hall–Kier alpha value is -0.240. The number of hydrogen-bond donors (Lipinski definition) is 1. The maximum absolute atomic E-state index is 5.46. The topological polar surface area (TPSA) is 26.0 Å². The highest BCUT2D eigenvalue weighted by molar-refractivity contribution is 9.11. The van der Waals surface area contributed by atoms with Gasteiger partial charge in [0.1, 0.15) is 0 Å². The van der Waals surface area contributed by atoms with Crippen molar-refractivity contribution >= 4 is 15.9 Å². The van der Waals surface area contributed by atoms with Gasteiger partial charge in [0.2, 0.25) is 0 Å². The van der Waals surface area contributed by atoms with E-state index in [4.69, 9.17) is 5.73 Å². The fourth-order valence-electron chi connectivity index (χ4n) is 0.353. The molecule has 2 heteroatoms. The maximum atomic E-state index is 5.46. The molecule has 0 bridgehead atoms. The molecule has 2 N–H and O–H groups in total. The second-order valence-electron chi connectivity index (χ2n) is 1.84. The fourth-order valence-corrected chi connectivity index (χ4v) is 0.540. The van der Waals surface area contributed by atoms with E-state index in [1.165, 1.54) is 0 Å². The Morgan fingerprint density at radius 3 is 2.56 bits per heavy atom. The van der Waals surface area contributed by atoms with Gasteiger partial charge in [-0.05, 0) is 29.3 Å². The van der Waals surface area contributed by atoms with E-state index < -0.39 is 0 Å². The zero-order valence-corrected chi connectivity index (χ0v) is 7.40. The van der Waals surface area contributed by atoms with Crippen molar-refractivity contribution in [2.24, 2.45) is 5.73 Å². The van der Waals surface area contributed by atoms with E-state index in [2.05, 4.69) is 28.9 Å². The van der Waals surface area contributed by atoms with E-state index in [0.717, 1.165) is 16.6 Å². The van der Waals surface area contributed by atoms with Crippen LogP contribution >= 0.6 is 15.9 Å². The van der Waals surface area contributed by atoms with Crippen molar-refractivity contribution in [2.45, 2.75) is 20.3 Å². The van der Waals surface area contributed by atoms with Crippen LogP contribution in [0, 0.1) is 0 Å². The average molecular weight is 190 g/mol. The summed E-state index contributed by atoms with van der Waals surface area (Å²) in [5.41, 5.74) is 6.28. The minimum atomic E-state index is 0.819. The van der Waals surface area contributed by atoms with Gasteiger partial charge in [-0.3, -0.25) is 0 Å². The van der Waals surface area contributed by atoms with Crippen LogP contribution in [0.5, 0.6) is 0 Å². The molecule has 0 aliphatic carbocycles. The van der Waals surface area contributed by atoms with E-state index in [1.54, 1.807) is 0 Å². The molecule has 0 fully saturated rings. The first-order chi connectivity index (χ1) is 4.18. The van der Waals surface area contributed by atoms with E-state index in [0.29, 0.717) is 0 Å². The molecule has 52 valence electrons. The highest BCUT2D eigenvalue weighted by Crippen LogP contribution is 2.09. The van der Waals surface area contributed by atoms with Gasteiger partial charge in [-0.1, -0.05) is 19.1 Å². The third-order valence-electron chi connectivity index (χ3n) is 0.877. The average Bonchev–Trinajstić information content (AvgIpc) is 1.82. The summed E-state index contributed by atoms with van der Waals surface area (Å²) in [5, 5.41) is 0. The predicted octanol–water partition coefficient (Wildman–Crippen LogP) is 2.54. The summed E-state index contributed by atoms with van der Waals surface area (Å²) in [5.74, 6) is 0. The van der Waals surface area contributed by atoms with Gasteiger partial charge in [0.25, 0.3) is 0 Å². The Morgan fingerprint density at radius 2 is 2.22 bits per heavy atom. The summed E-state index contributed by atoms with van der Waals surface area (Å²) >= 11 is 3.31. The molecular weight excluding hydrogens is 178 g/mol. The lowest BCUT2D eigenvalue weighted by Gasteiger charge is -1.91. The number of allylic oxidation sites excluding steroid dienone is 4.